The fourth-order valence-electron chi connectivity index (χ4n) is 4.81. The number of nitrogens with one attached hydrogen (secondary N) is 5. The number of hydrogen-bond acceptors (Lipinski definition) is 5. The Morgan fingerprint density at radius 2 is 1.38 bits per heavy atom. The first-order chi connectivity index (χ1) is 20.2. The van der Waals surface area contributed by atoms with Crippen molar-refractivity contribution in [3.05, 3.63) is 95.6 Å². The lowest BCUT2D eigenvalue weighted by Gasteiger charge is -2.26. The molecule has 220 valence electrons. The molecule has 1 heterocycles. The Kier molecular flexibility index (Phi) is 10.3. The van der Waals surface area contributed by atoms with Crippen LogP contribution < -0.4 is 26.6 Å². The molecule has 0 saturated heterocycles. The molecule has 5 N–H and O–H groups in total. The van der Waals surface area contributed by atoms with Gasteiger partial charge in [0.1, 0.15) is 18.1 Å². The largest absolute Gasteiger partial charge is 0.356 e. The van der Waals surface area contributed by atoms with E-state index in [0.29, 0.717) is 6.42 Å². The second-order valence-electron chi connectivity index (χ2n) is 11.0. The van der Waals surface area contributed by atoms with Crippen LogP contribution in [0.15, 0.2) is 78.9 Å². The molecule has 0 fully saturated rings. The van der Waals surface area contributed by atoms with Gasteiger partial charge in [-0.1, -0.05) is 68.4 Å². The van der Waals surface area contributed by atoms with E-state index in [9.17, 15) is 19.2 Å². The topological polar surface area (TPSA) is 128 Å². The molecule has 9 heteroatoms. The van der Waals surface area contributed by atoms with E-state index in [1.807, 2.05) is 92.7 Å². The molecule has 1 aliphatic heterocycles. The lowest BCUT2D eigenvalue weighted by Crippen LogP contribution is -2.58. The first kappa shape index (κ1) is 30.3. The number of rotatable bonds is 3. The summed E-state index contributed by atoms with van der Waals surface area (Å²) in [6.45, 7) is 5.52. The van der Waals surface area contributed by atoms with Gasteiger partial charge in [-0.25, -0.2) is 0 Å². The third-order valence-electron chi connectivity index (χ3n) is 7.18. The summed E-state index contributed by atoms with van der Waals surface area (Å²) >= 11 is 0. The number of benzene rings is 3. The van der Waals surface area contributed by atoms with Crippen molar-refractivity contribution in [3.8, 4) is 0 Å². The standard InChI is InChI=1S/C33H39N5O4/c1-21(2)30-33(42)35-22(3)31(40)34-20-25-12-8-14-27(18-25)36-26-13-7-11-24(17-26)15-16-29(39)37-28(32(41)38-30)19-23-9-5-4-6-10-23/h4-14,17-18,21-22,28,30,36H,15-16,19-20H2,1-3H3,(H,34,40)(H,35,42)(H,37,39)(H,38,41)/t22-,28-,30-/m0/s1. The maximum Gasteiger partial charge on any atom is 0.243 e. The summed E-state index contributed by atoms with van der Waals surface area (Å²) in [4.78, 5) is 52.7. The van der Waals surface area contributed by atoms with E-state index < -0.39 is 29.9 Å². The SMILES string of the molecule is CC(C)[C@@H]1NC(=O)[C@H](Cc2ccccc2)NC(=O)CCc2cccc(c2)Nc2cccc(c2)CNC(=O)[C@H](C)NC1=O. The summed E-state index contributed by atoms with van der Waals surface area (Å²) in [6.07, 6.45) is 0.945. The second kappa shape index (κ2) is 14.3. The van der Waals surface area contributed by atoms with E-state index in [2.05, 4.69) is 26.6 Å². The van der Waals surface area contributed by atoms with Gasteiger partial charge in [0.2, 0.25) is 23.6 Å². The summed E-state index contributed by atoms with van der Waals surface area (Å²) in [5.74, 6) is -1.81. The molecule has 3 atom stereocenters. The van der Waals surface area contributed by atoms with E-state index in [1.165, 1.54) is 0 Å². The van der Waals surface area contributed by atoms with Crippen molar-refractivity contribution in [3.63, 3.8) is 0 Å². The quantitative estimate of drug-likeness (QED) is 0.331. The number of aryl methyl sites for hydroxylation is 1. The number of carbonyl (C=O) groups is 4. The molecule has 3 aromatic rings. The molecule has 4 amide bonds. The Morgan fingerprint density at radius 1 is 0.714 bits per heavy atom. The van der Waals surface area contributed by atoms with Crippen LogP contribution in [-0.2, 0) is 38.6 Å². The van der Waals surface area contributed by atoms with Crippen molar-refractivity contribution in [2.45, 2.75) is 64.7 Å². The number of carbonyl (C=O) groups excluding carboxylic acids is 4. The van der Waals surface area contributed by atoms with Crippen molar-refractivity contribution >= 4 is 35.0 Å². The first-order valence-electron chi connectivity index (χ1n) is 14.3. The third-order valence-corrected chi connectivity index (χ3v) is 7.18. The predicted molar refractivity (Wildman–Crippen MR) is 163 cm³/mol. The Morgan fingerprint density at radius 3 is 2.07 bits per heavy atom. The predicted octanol–water partition coefficient (Wildman–Crippen LogP) is 3.37. The van der Waals surface area contributed by atoms with Gasteiger partial charge < -0.3 is 26.6 Å². The number of hydrogen-bond donors (Lipinski definition) is 5. The van der Waals surface area contributed by atoms with Gasteiger partial charge >= 0.3 is 0 Å². The van der Waals surface area contributed by atoms with E-state index in [-0.39, 0.29) is 37.1 Å². The van der Waals surface area contributed by atoms with Gasteiger partial charge in [0.15, 0.2) is 0 Å². The first-order valence-corrected chi connectivity index (χ1v) is 14.3. The van der Waals surface area contributed by atoms with Crippen molar-refractivity contribution in [2.24, 2.45) is 5.92 Å². The average Bonchev–Trinajstić information content (AvgIpc) is 2.97. The molecule has 0 unspecified atom stereocenters. The molecule has 3 aromatic carbocycles. The Balaban J connectivity index is 1.61. The van der Waals surface area contributed by atoms with Crippen LogP contribution in [0.5, 0.6) is 0 Å². The Labute approximate surface area is 246 Å². The average molecular weight is 570 g/mol. The molecule has 4 bridgehead atoms. The van der Waals surface area contributed by atoms with E-state index in [4.69, 9.17) is 0 Å². The molecule has 0 radical (unpaired) electrons. The fourth-order valence-corrected chi connectivity index (χ4v) is 4.81. The maximum atomic E-state index is 13.5. The molecule has 4 rings (SSSR count). The maximum absolute atomic E-state index is 13.5. The van der Waals surface area contributed by atoms with Gasteiger partial charge in [-0.2, -0.15) is 0 Å². The minimum atomic E-state index is -0.900. The zero-order valence-electron chi connectivity index (χ0n) is 24.3. The van der Waals surface area contributed by atoms with Crippen LogP contribution in [-0.4, -0.2) is 41.8 Å². The smallest absolute Gasteiger partial charge is 0.243 e. The Hall–Kier alpha value is -4.66. The highest BCUT2D eigenvalue weighted by molar-refractivity contribution is 5.94. The van der Waals surface area contributed by atoms with Crippen LogP contribution in [0.25, 0.3) is 0 Å². The van der Waals surface area contributed by atoms with Crippen molar-refractivity contribution in [2.75, 3.05) is 5.32 Å². The van der Waals surface area contributed by atoms with Gasteiger partial charge in [-0.15, -0.1) is 0 Å². The van der Waals surface area contributed by atoms with Crippen LogP contribution in [0.2, 0.25) is 0 Å². The molecule has 42 heavy (non-hydrogen) atoms. The third kappa shape index (κ3) is 8.67. The monoisotopic (exact) mass is 569 g/mol. The highest BCUT2D eigenvalue weighted by atomic mass is 16.2. The van der Waals surface area contributed by atoms with E-state index in [1.54, 1.807) is 6.92 Å². The summed E-state index contributed by atoms with van der Waals surface area (Å²) in [6, 6.07) is 22.3. The molecular weight excluding hydrogens is 530 g/mol. The lowest BCUT2D eigenvalue weighted by atomic mass is 10.0. The Bertz CT molecular complexity index is 1410. The zero-order valence-corrected chi connectivity index (χ0v) is 24.3. The molecule has 0 saturated carbocycles. The normalized spacial score (nSPS) is 20.7. The van der Waals surface area contributed by atoms with Crippen molar-refractivity contribution < 1.29 is 19.2 Å². The second-order valence-corrected chi connectivity index (χ2v) is 11.0. The van der Waals surface area contributed by atoms with Crippen LogP contribution >= 0.6 is 0 Å². The molecule has 0 aliphatic carbocycles. The van der Waals surface area contributed by atoms with Gasteiger partial charge in [-0.3, -0.25) is 19.2 Å². The number of amides is 4. The summed E-state index contributed by atoms with van der Waals surface area (Å²) < 4.78 is 0. The van der Waals surface area contributed by atoms with Crippen LogP contribution in [0, 0.1) is 5.92 Å². The number of fused-ring (bicyclic) bond motifs is 4. The van der Waals surface area contributed by atoms with Crippen molar-refractivity contribution in [1.82, 2.24) is 21.3 Å². The van der Waals surface area contributed by atoms with Crippen LogP contribution in [0.4, 0.5) is 11.4 Å². The van der Waals surface area contributed by atoms with E-state index >= 15 is 0 Å². The minimum Gasteiger partial charge on any atom is -0.356 e. The fraction of sp³-hybridized carbons (Fsp3) is 0.333. The highest BCUT2D eigenvalue weighted by Gasteiger charge is 2.30. The highest BCUT2D eigenvalue weighted by Crippen LogP contribution is 2.20. The summed E-state index contributed by atoms with van der Waals surface area (Å²) in [5, 5.41) is 14.7. The molecule has 0 spiro atoms. The van der Waals surface area contributed by atoms with Crippen LogP contribution in [0.3, 0.4) is 0 Å². The molecular formula is C33H39N5O4. The van der Waals surface area contributed by atoms with Gasteiger partial charge in [0, 0.05) is 30.8 Å². The van der Waals surface area contributed by atoms with Crippen molar-refractivity contribution in [1.29, 1.82) is 0 Å². The van der Waals surface area contributed by atoms with E-state index in [0.717, 1.165) is 28.1 Å². The molecule has 1 aliphatic rings. The minimum absolute atomic E-state index is 0.191. The van der Waals surface area contributed by atoms with Gasteiger partial charge in [0.25, 0.3) is 0 Å². The van der Waals surface area contributed by atoms with Crippen LogP contribution in [0.1, 0.15) is 43.9 Å². The number of anilines is 2. The summed E-state index contributed by atoms with van der Waals surface area (Å²) in [5.41, 5.74) is 4.47. The lowest BCUT2D eigenvalue weighted by molar-refractivity contribution is -0.134. The molecule has 0 aromatic heterocycles. The zero-order chi connectivity index (χ0) is 30.1. The summed E-state index contributed by atoms with van der Waals surface area (Å²) in [7, 11) is 0. The van der Waals surface area contributed by atoms with Gasteiger partial charge in [0.05, 0.1) is 0 Å². The van der Waals surface area contributed by atoms with Gasteiger partial charge in [-0.05, 0) is 60.2 Å². The molecule has 9 nitrogen and oxygen atoms in total.